The lowest BCUT2D eigenvalue weighted by molar-refractivity contribution is -0.161. The van der Waals surface area contributed by atoms with E-state index in [9.17, 15) is 19.3 Å². The minimum Gasteiger partial charge on any atom is -0.462 e. The molecule has 1 unspecified atom stereocenters. The van der Waals surface area contributed by atoms with Gasteiger partial charge in [-0.25, -0.2) is 4.57 Å². The molecular weight excluding hydrogens is 667 g/mol. The first kappa shape index (κ1) is 48.2. The van der Waals surface area contributed by atoms with Gasteiger partial charge in [0.1, 0.15) is 6.61 Å². The molecule has 2 atom stereocenters. The van der Waals surface area contributed by atoms with Gasteiger partial charge in [-0.2, -0.15) is 0 Å². The summed E-state index contributed by atoms with van der Waals surface area (Å²) in [7, 11) is -4.78. The second-order valence-electron chi connectivity index (χ2n) is 12.3. The molecule has 0 saturated carbocycles. The van der Waals surface area contributed by atoms with Crippen LogP contribution >= 0.6 is 7.82 Å². The third-order valence-electron chi connectivity index (χ3n) is 7.45. The highest BCUT2D eigenvalue weighted by Crippen LogP contribution is 2.35. The maximum atomic E-state index is 12.3. The zero-order valence-electron chi connectivity index (χ0n) is 31.3. The van der Waals surface area contributed by atoms with Gasteiger partial charge < -0.3 is 24.4 Å². The molecule has 10 heteroatoms. The Labute approximate surface area is 308 Å². The van der Waals surface area contributed by atoms with E-state index in [1.54, 1.807) is 0 Å². The fourth-order valence-electron chi connectivity index (χ4n) is 4.69. The number of phosphoric ester groups is 1. The summed E-state index contributed by atoms with van der Waals surface area (Å²) >= 11 is 0. The summed E-state index contributed by atoms with van der Waals surface area (Å²) in [5, 5.41) is 9.70. The summed E-state index contributed by atoms with van der Waals surface area (Å²) < 4.78 is 26.2. The largest absolute Gasteiger partial charge is 0.469 e. The Bertz CT molecular complexity index is 1110. The molecular formula is C41H67O9P. The monoisotopic (exact) mass is 734 g/mol. The van der Waals surface area contributed by atoms with E-state index in [1.165, 1.54) is 0 Å². The molecule has 0 aliphatic heterocycles. The van der Waals surface area contributed by atoms with Crippen LogP contribution in [0.3, 0.4) is 0 Å². The fourth-order valence-corrected chi connectivity index (χ4v) is 5.05. The standard InChI is InChI=1S/C41H67O9P/c1-3-5-6-7-8-9-10-11-12-15-18-21-24-27-30-34-40(43)48-36-39(37-49-51(45,46)47)50-41(44)35-31-28-25-22-19-16-13-14-17-20-23-26-29-33-38(42)32-4-2/h5-6,8-9,11-13,16-17,20,22,25-26,29,38-39,42H,3-4,7,10,14-15,18-19,21,23-24,27-28,30-37H2,1-2H3,(H2,45,46,47)/b6-5-,9-8-,12-11-,16-13-,20-17-,25-22-,29-26-/t38?,39-/m1/s1. The Morgan fingerprint density at radius 2 is 1.10 bits per heavy atom. The number of aliphatic hydroxyl groups is 1. The van der Waals surface area contributed by atoms with E-state index in [0.717, 1.165) is 83.5 Å². The number of aliphatic hydroxyl groups excluding tert-OH is 1. The van der Waals surface area contributed by atoms with Crippen molar-refractivity contribution in [1.82, 2.24) is 0 Å². The average Bonchev–Trinajstić information content (AvgIpc) is 3.09. The van der Waals surface area contributed by atoms with Crippen LogP contribution in [0, 0.1) is 0 Å². The molecule has 0 aromatic rings. The number of unbranched alkanes of at least 4 members (excludes halogenated alkanes) is 6. The SMILES string of the molecule is CC/C=C\C/C=C\C/C=C\CCCCCCCC(=O)OC[C@H](COP(=O)(O)O)OC(=O)CCC/C=C\C/C=C\C/C=C\C/C=C\CC(O)CCC. The second kappa shape index (κ2) is 35.6. The summed E-state index contributed by atoms with van der Waals surface area (Å²) in [5.41, 5.74) is 0. The molecule has 9 nitrogen and oxygen atoms in total. The van der Waals surface area contributed by atoms with Crippen LogP contribution < -0.4 is 0 Å². The maximum Gasteiger partial charge on any atom is 0.469 e. The highest BCUT2D eigenvalue weighted by Gasteiger charge is 2.22. The quantitative estimate of drug-likeness (QED) is 0.0260. The molecule has 0 spiro atoms. The Morgan fingerprint density at radius 1 is 0.608 bits per heavy atom. The molecule has 0 aliphatic rings. The molecule has 0 amide bonds. The van der Waals surface area contributed by atoms with E-state index in [0.29, 0.717) is 25.7 Å². The van der Waals surface area contributed by atoms with Gasteiger partial charge in [0.25, 0.3) is 0 Å². The van der Waals surface area contributed by atoms with E-state index in [1.807, 2.05) is 18.2 Å². The van der Waals surface area contributed by atoms with Crippen LogP contribution in [-0.2, 0) is 28.2 Å². The van der Waals surface area contributed by atoms with Crippen molar-refractivity contribution in [2.24, 2.45) is 0 Å². The lowest BCUT2D eigenvalue weighted by Crippen LogP contribution is -2.29. The van der Waals surface area contributed by atoms with Crippen molar-refractivity contribution in [2.45, 2.75) is 148 Å². The van der Waals surface area contributed by atoms with Gasteiger partial charge >= 0.3 is 19.8 Å². The van der Waals surface area contributed by atoms with Crippen molar-refractivity contribution in [3.63, 3.8) is 0 Å². The van der Waals surface area contributed by atoms with Crippen LogP contribution in [0.25, 0.3) is 0 Å². The Kier molecular flexibility index (Phi) is 33.6. The first-order valence-corrected chi connectivity index (χ1v) is 20.5. The zero-order valence-corrected chi connectivity index (χ0v) is 32.2. The van der Waals surface area contributed by atoms with E-state index in [4.69, 9.17) is 19.3 Å². The molecule has 0 aliphatic carbocycles. The smallest absolute Gasteiger partial charge is 0.462 e. The Morgan fingerprint density at radius 3 is 1.67 bits per heavy atom. The molecule has 0 radical (unpaired) electrons. The normalized spacial score (nSPS) is 14.1. The Hall–Kier alpha value is -2.81. The summed E-state index contributed by atoms with van der Waals surface area (Å²) in [6, 6.07) is 0. The topological polar surface area (TPSA) is 140 Å². The van der Waals surface area contributed by atoms with Crippen molar-refractivity contribution in [1.29, 1.82) is 0 Å². The Balaban J connectivity index is 4.14. The number of hydrogen-bond acceptors (Lipinski definition) is 7. The van der Waals surface area contributed by atoms with Gasteiger partial charge in [0.2, 0.25) is 0 Å². The van der Waals surface area contributed by atoms with Gasteiger partial charge in [0, 0.05) is 12.8 Å². The van der Waals surface area contributed by atoms with Crippen molar-refractivity contribution in [3.05, 3.63) is 85.1 Å². The number of carbonyl (C=O) groups excluding carboxylic acids is 2. The molecule has 0 fully saturated rings. The molecule has 51 heavy (non-hydrogen) atoms. The molecule has 0 saturated heterocycles. The van der Waals surface area contributed by atoms with Crippen molar-refractivity contribution >= 4 is 19.8 Å². The molecule has 0 heterocycles. The third-order valence-corrected chi connectivity index (χ3v) is 7.94. The molecule has 0 bridgehead atoms. The van der Waals surface area contributed by atoms with Crippen LogP contribution in [0.5, 0.6) is 0 Å². The minimum absolute atomic E-state index is 0.112. The molecule has 3 N–H and O–H groups in total. The van der Waals surface area contributed by atoms with Crippen LogP contribution in [0.2, 0.25) is 0 Å². The van der Waals surface area contributed by atoms with Crippen molar-refractivity contribution < 1.29 is 43.0 Å². The first-order chi connectivity index (χ1) is 24.7. The van der Waals surface area contributed by atoms with Crippen molar-refractivity contribution in [2.75, 3.05) is 13.2 Å². The van der Waals surface area contributed by atoms with Gasteiger partial charge in [-0.15, -0.1) is 0 Å². The number of phosphoric acid groups is 1. The second-order valence-corrected chi connectivity index (χ2v) is 13.6. The van der Waals surface area contributed by atoms with E-state index >= 15 is 0 Å². The molecule has 0 aromatic heterocycles. The summed E-state index contributed by atoms with van der Waals surface area (Å²) in [5.74, 6) is -1.00. The molecule has 290 valence electrons. The van der Waals surface area contributed by atoms with Gasteiger partial charge in [-0.05, 0) is 83.5 Å². The summed E-state index contributed by atoms with van der Waals surface area (Å²) in [4.78, 5) is 42.7. The lowest BCUT2D eigenvalue weighted by Gasteiger charge is -2.18. The van der Waals surface area contributed by atoms with Crippen LogP contribution in [-0.4, -0.2) is 52.3 Å². The van der Waals surface area contributed by atoms with Gasteiger partial charge in [-0.1, -0.05) is 125 Å². The number of hydrogen-bond donors (Lipinski definition) is 3. The predicted molar refractivity (Wildman–Crippen MR) is 208 cm³/mol. The average molecular weight is 735 g/mol. The van der Waals surface area contributed by atoms with Crippen LogP contribution in [0.15, 0.2) is 85.1 Å². The fraction of sp³-hybridized carbons (Fsp3) is 0.610. The van der Waals surface area contributed by atoms with Crippen LogP contribution in [0.1, 0.15) is 136 Å². The third kappa shape index (κ3) is 38.3. The van der Waals surface area contributed by atoms with Gasteiger partial charge in [-0.3, -0.25) is 14.1 Å². The number of rotatable bonds is 33. The highest BCUT2D eigenvalue weighted by molar-refractivity contribution is 7.46. The number of carbonyl (C=O) groups is 2. The van der Waals surface area contributed by atoms with E-state index in [2.05, 4.69) is 85.2 Å². The number of ether oxygens (including phenoxy) is 2. The summed E-state index contributed by atoms with van der Waals surface area (Å²) in [6.07, 6.45) is 43.7. The molecule has 0 rings (SSSR count). The first-order valence-electron chi connectivity index (χ1n) is 19.0. The van der Waals surface area contributed by atoms with Gasteiger partial charge in [0.15, 0.2) is 6.10 Å². The molecule has 0 aromatic carbocycles. The van der Waals surface area contributed by atoms with Crippen LogP contribution in [0.4, 0.5) is 0 Å². The highest BCUT2D eigenvalue weighted by atomic mass is 31.2. The number of esters is 2. The lowest BCUT2D eigenvalue weighted by atomic mass is 10.1. The minimum atomic E-state index is -4.78. The van der Waals surface area contributed by atoms with E-state index in [-0.39, 0.29) is 25.6 Å². The number of allylic oxidation sites excluding steroid dienone is 13. The zero-order chi connectivity index (χ0) is 37.7. The maximum absolute atomic E-state index is 12.3. The summed E-state index contributed by atoms with van der Waals surface area (Å²) in [6.45, 7) is 3.29. The van der Waals surface area contributed by atoms with Gasteiger partial charge in [0.05, 0.1) is 12.7 Å². The van der Waals surface area contributed by atoms with E-state index < -0.39 is 32.5 Å². The van der Waals surface area contributed by atoms with Crippen molar-refractivity contribution in [3.8, 4) is 0 Å². The predicted octanol–water partition coefficient (Wildman–Crippen LogP) is 10.3.